The number of aryl methyl sites for hydroxylation is 2. The quantitative estimate of drug-likeness (QED) is 0.410. The van der Waals surface area contributed by atoms with Crippen LogP contribution in [0.25, 0.3) is 0 Å². The normalized spacial score (nSPS) is 12.7. The molecule has 0 aromatic heterocycles. The molecule has 1 atom stereocenters. The zero-order valence-electron chi connectivity index (χ0n) is 12.5. The van der Waals surface area contributed by atoms with Crippen molar-refractivity contribution in [3.05, 3.63) is 29.3 Å². The maximum atomic E-state index is 2.39. The Labute approximate surface area is 118 Å². The van der Waals surface area contributed by atoms with Gasteiger partial charge in [-0.3, -0.25) is 0 Å². The van der Waals surface area contributed by atoms with Gasteiger partial charge < -0.3 is 0 Å². The summed E-state index contributed by atoms with van der Waals surface area (Å²) >= 11 is 2.02. The maximum Gasteiger partial charge on any atom is 0.00773 e. The third kappa shape index (κ3) is 6.49. The number of hydrogen-bond acceptors (Lipinski definition) is 1. The first-order chi connectivity index (χ1) is 8.61. The van der Waals surface area contributed by atoms with Crippen molar-refractivity contribution in [2.75, 3.05) is 5.75 Å². The predicted molar refractivity (Wildman–Crippen MR) is 84.6 cm³/mol. The minimum absolute atomic E-state index is 0.840. The smallest absolute Gasteiger partial charge is 0.00773 e. The van der Waals surface area contributed by atoms with E-state index >= 15 is 0 Å². The highest BCUT2D eigenvalue weighted by atomic mass is 32.2. The summed E-state index contributed by atoms with van der Waals surface area (Å²) in [7, 11) is 0. The van der Waals surface area contributed by atoms with Gasteiger partial charge in [0, 0.05) is 10.6 Å². The number of benzene rings is 1. The fourth-order valence-corrected chi connectivity index (χ4v) is 3.44. The van der Waals surface area contributed by atoms with Crippen LogP contribution in [0.5, 0.6) is 0 Å². The Bertz CT molecular complexity index is 323. The highest BCUT2D eigenvalue weighted by Gasteiger charge is 2.04. The molecule has 0 heterocycles. The zero-order valence-corrected chi connectivity index (χ0v) is 13.3. The Hall–Kier alpha value is -0.430. The molecule has 0 fully saturated rings. The summed E-state index contributed by atoms with van der Waals surface area (Å²) in [5.41, 5.74) is 2.76. The average molecular weight is 264 g/mol. The van der Waals surface area contributed by atoms with E-state index in [1.807, 2.05) is 11.8 Å². The van der Waals surface area contributed by atoms with Gasteiger partial charge in [-0.2, -0.15) is 0 Å². The summed E-state index contributed by atoms with van der Waals surface area (Å²) in [6.45, 7) is 9.04. The van der Waals surface area contributed by atoms with Crippen molar-refractivity contribution in [3.8, 4) is 0 Å². The Morgan fingerprint density at radius 1 is 1.00 bits per heavy atom. The van der Waals surface area contributed by atoms with Crippen LogP contribution in [-0.2, 0) is 0 Å². The van der Waals surface area contributed by atoms with E-state index in [9.17, 15) is 0 Å². The second-order valence-corrected chi connectivity index (χ2v) is 6.68. The molecule has 1 heteroatoms. The van der Waals surface area contributed by atoms with Gasteiger partial charge in [0.1, 0.15) is 0 Å². The molecule has 0 spiro atoms. The fourth-order valence-electron chi connectivity index (χ4n) is 2.26. The van der Waals surface area contributed by atoms with Crippen molar-refractivity contribution in [1.82, 2.24) is 0 Å². The number of hydrogen-bond donors (Lipinski definition) is 0. The lowest BCUT2D eigenvalue weighted by molar-refractivity contribution is 0.531. The van der Waals surface area contributed by atoms with Gasteiger partial charge in [-0.1, -0.05) is 45.6 Å². The summed E-state index contributed by atoms with van der Waals surface area (Å²) < 4.78 is 0. The topological polar surface area (TPSA) is 0 Å². The molecule has 0 bridgehead atoms. The van der Waals surface area contributed by atoms with Gasteiger partial charge in [0.2, 0.25) is 0 Å². The molecule has 0 saturated carbocycles. The molecule has 102 valence electrons. The molecule has 0 amide bonds. The lowest BCUT2D eigenvalue weighted by atomic mass is 10.0. The summed E-state index contributed by atoms with van der Waals surface area (Å²) in [6, 6.07) is 6.86. The first-order valence-corrected chi connectivity index (χ1v) is 8.31. The monoisotopic (exact) mass is 264 g/mol. The van der Waals surface area contributed by atoms with E-state index in [4.69, 9.17) is 0 Å². The molecule has 0 aliphatic carbocycles. The first kappa shape index (κ1) is 15.6. The molecule has 1 aromatic rings. The summed E-state index contributed by atoms with van der Waals surface area (Å²) in [4.78, 5) is 1.44. The van der Waals surface area contributed by atoms with Crippen LogP contribution in [0.3, 0.4) is 0 Å². The minimum Gasteiger partial charge on any atom is -0.126 e. The highest BCUT2D eigenvalue weighted by molar-refractivity contribution is 7.99. The Morgan fingerprint density at radius 3 is 2.28 bits per heavy atom. The molecule has 1 aromatic carbocycles. The van der Waals surface area contributed by atoms with Crippen LogP contribution in [0, 0.1) is 19.8 Å². The standard InChI is InChI=1S/C17H28S/c1-5-6-7-8-9-14(2)13-18-17-11-15(3)10-16(4)12-17/h10-12,14H,5-9,13H2,1-4H3. The molecule has 0 aliphatic heterocycles. The summed E-state index contributed by atoms with van der Waals surface area (Å²) in [5, 5.41) is 0. The van der Waals surface area contributed by atoms with E-state index in [0.717, 1.165) is 5.92 Å². The predicted octanol–water partition coefficient (Wildman–Crippen LogP) is 6.00. The number of rotatable bonds is 8. The SMILES string of the molecule is CCCCCCC(C)CSc1cc(C)cc(C)c1. The molecule has 0 radical (unpaired) electrons. The van der Waals surface area contributed by atoms with Crippen molar-refractivity contribution < 1.29 is 0 Å². The number of thioether (sulfide) groups is 1. The molecule has 0 aliphatic rings. The average Bonchev–Trinajstić information content (AvgIpc) is 2.31. The number of unbranched alkanes of at least 4 members (excludes halogenated alkanes) is 3. The maximum absolute atomic E-state index is 2.39. The summed E-state index contributed by atoms with van der Waals surface area (Å²) in [5.74, 6) is 2.10. The van der Waals surface area contributed by atoms with Crippen molar-refractivity contribution in [2.24, 2.45) is 5.92 Å². The third-order valence-electron chi connectivity index (χ3n) is 3.28. The van der Waals surface area contributed by atoms with Crippen LogP contribution in [0.15, 0.2) is 23.1 Å². The molecule has 1 rings (SSSR count). The Morgan fingerprint density at radius 2 is 1.67 bits per heavy atom. The molecule has 0 N–H and O–H groups in total. The van der Waals surface area contributed by atoms with Gasteiger partial charge >= 0.3 is 0 Å². The molecule has 0 nitrogen and oxygen atoms in total. The summed E-state index contributed by atoms with van der Waals surface area (Å²) in [6.07, 6.45) is 6.94. The van der Waals surface area contributed by atoms with Gasteiger partial charge in [-0.15, -0.1) is 11.8 Å². The molecular formula is C17H28S. The molecular weight excluding hydrogens is 236 g/mol. The third-order valence-corrected chi connectivity index (χ3v) is 4.58. The van der Waals surface area contributed by atoms with Gasteiger partial charge in [0.25, 0.3) is 0 Å². The second-order valence-electron chi connectivity index (χ2n) is 5.59. The van der Waals surface area contributed by atoms with Crippen molar-refractivity contribution in [3.63, 3.8) is 0 Å². The first-order valence-electron chi connectivity index (χ1n) is 7.33. The van der Waals surface area contributed by atoms with Crippen LogP contribution >= 0.6 is 11.8 Å². The van der Waals surface area contributed by atoms with Crippen LogP contribution in [0.4, 0.5) is 0 Å². The lowest BCUT2D eigenvalue weighted by Crippen LogP contribution is -1.98. The Balaban J connectivity index is 2.26. The van der Waals surface area contributed by atoms with Crippen LogP contribution < -0.4 is 0 Å². The van der Waals surface area contributed by atoms with Gasteiger partial charge in [-0.25, -0.2) is 0 Å². The fraction of sp³-hybridized carbons (Fsp3) is 0.647. The lowest BCUT2D eigenvalue weighted by Gasteiger charge is -2.11. The molecule has 0 saturated heterocycles. The molecule has 18 heavy (non-hydrogen) atoms. The van der Waals surface area contributed by atoms with Crippen molar-refractivity contribution in [2.45, 2.75) is 64.7 Å². The van der Waals surface area contributed by atoms with Gasteiger partial charge in [0.15, 0.2) is 0 Å². The van der Waals surface area contributed by atoms with Crippen LogP contribution in [0.1, 0.15) is 57.1 Å². The van der Waals surface area contributed by atoms with E-state index < -0.39 is 0 Å². The largest absolute Gasteiger partial charge is 0.126 e. The van der Waals surface area contributed by atoms with Gasteiger partial charge in [-0.05, 0) is 49.4 Å². The minimum atomic E-state index is 0.840. The van der Waals surface area contributed by atoms with E-state index in [0.29, 0.717) is 0 Å². The van der Waals surface area contributed by atoms with Crippen LogP contribution in [-0.4, -0.2) is 5.75 Å². The van der Waals surface area contributed by atoms with Crippen molar-refractivity contribution >= 4 is 11.8 Å². The zero-order chi connectivity index (χ0) is 13.4. The van der Waals surface area contributed by atoms with Crippen LogP contribution in [0.2, 0.25) is 0 Å². The van der Waals surface area contributed by atoms with E-state index in [2.05, 4.69) is 45.9 Å². The van der Waals surface area contributed by atoms with E-state index in [1.165, 1.54) is 53.9 Å². The second kappa shape index (κ2) is 8.63. The van der Waals surface area contributed by atoms with Gasteiger partial charge in [0.05, 0.1) is 0 Å². The molecule has 1 unspecified atom stereocenters. The highest BCUT2D eigenvalue weighted by Crippen LogP contribution is 2.25. The van der Waals surface area contributed by atoms with E-state index in [-0.39, 0.29) is 0 Å². The Kier molecular flexibility index (Phi) is 7.50. The van der Waals surface area contributed by atoms with E-state index in [1.54, 1.807) is 0 Å². The van der Waals surface area contributed by atoms with Crippen molar-refractivity contribution in [1.29, 1.82) is 0 Å².